The number of hydrogen-bond donors (Lipinski definition) is 0. The minimum atomic E-state index is -0.407. The monoisotopic (exact) mass is 283 g/mol. The highest BCUT2D eigenvalue weighted by atomic mass is 35.5. The van der Waals surface area contributed by atoms with Gasteiger partial charge in [0.2, 0.25) is 0 Å². The average molecular weight is 284 g/mol. The van der Waals surface area contributed by atoms with Gasteiger partial charge in [0, 0.05) is 30.0 Å². The fourth-order valence-corrected chi connectivity index (χ4v) is 2.77. The summed E-state index contributed by atoms with van der Waals surface area (Å²) >= 11 is 7.10. The Bertz CT molecular complexity index is 585. The third-order valence-corrected chi connectivity index (χ3v) is 3.63. The summed E-state index contributed by atoms with van der Waals surface area (Å²) in [7, 11) is 0. The molecule has 5 nitrogen and oxygen atoms in total. The summed E-state index contributed by atoms with van der Waals surface area (Å²) in [5.74, 6) is 0.508. The maximum Gasteiger partial charge on any atom is 0.269 e. The third-order valence-electron chi connectivity index (χ3n) is 2.43. The van der Waals surface area contributed by atoms with Crippen LogP contribution in [0.5, 0.6) is 0 Å². The number of aryl methyl sites for hydroxylation is 2. The van der Waals surface area contributed by atoms with E-state index in [0.29, 0.717) is 12.3 Å². The first-order chi connectivity index (χ1) is 8.61. The van der Waals surface area contributed by atoms with Crippen LogP contribution < -0.4 is 0 Å². The lowest BCUT2D eigenvalue weighted by Crippen LogP contribution is -1.90. The predicted octanol–water partition coefficient (Wildman–Crippen LogP) is 3.20. The second kappa shape index (κ2) is 5.41. The Labute approximate surface area is 113 Å². The van der Waals surface area contributed by atoms with Gasteiger partial charge in [-0.3, -0.25) is 10.1 Å². The maximum atomic E-state index is 10.7. The fraction of sp³-hybridized carbons (Fsp3) is 0.273. The van der Waals surface area contributed by atoms with Gasteiger partial charge in [0.15, 0.2) is 0 Å². The lowest BCUT2D eigenvalue weighted by atomic mass is 10.1. The molecule has 94 valence electrons. The zero-order chi connectivity index (χ0) is 13.1. The van der Waals surface area contributed by atoms with E-state index in [1.807, 2.05) is 6.92 Å². The number of nitro groups is 1. The van der Waals surface area contributed by atoms with Gasteiger partial charge >= 0.3 is 0 Å². The third kappa shape index (κ3) is 2.65. The van der Waals surface area contributed by atoms with Crippen molar-refractivity contribution in [1.82, 2.24) is 10.2 Å². The van der Waals surface area contributed by atoms with E-state index in [-0.39, 0.29) is 5.69 Å². The molecule has 18 heavy (non-hydrogen) atoms. The van der Waals surface area contributed by atoms with Gasteiger partial charge in [0.25, 0.3) is 5.69 Å². The Morgan fingerprint density at radius 3 is 2.83 bits per heavy atom. The Morgan fingerprint density at radius 1 is 1.44 bits per heavy atom. The molecule has 0 radical (unpaired) electrons. The van der Waals surface area contributed by atoms with Crippen molar-refractivity contribution in [3.8, 4) is 10.6 Å². The normalized spacial score (nSPS) is 10.6. The molecule has 0 saturated heterocycles. The molecular weight excluding hydrogens is 274 g/mol. The number of benzene rings is 1. The van der Waals surface area contributed by atoms with Crippen LogP contribution in [0.4, 0.5) is 5.69 Å². The van der Waals surface area contributed by atoms with E-state index in [4.69, 9.17) is 11.6 Å². The highest BCUT2D eigenvalue weighted by Gasteiger charge is 2.12. The molecule has 0 unspecified atom stereocenters. The van der Waals surface area contributed by atoms with E-state index >= 15 is 0 Å². The van der Waals surface area contributed by atoms with Crippen molar-refractivity contribution in [2.45, 2.75) is 13.3 Å². The molecule has 0 spiro atoms. The number of alkyl halides is 1. The Balaban J connectivity index is 2.35. The van der Waals surface area contributed by atoms with Gasteiger partial charge in [0.1, 0.15) is 10.0 Å². The van der Waals surface area contributed by atoms with Crippen LogP contribution in [-0.2, 0) is 6.42 Å². The number of halogens is 1. The van der Waals surface area contributed by atoms with Crippen molar-refractivity contribution in [2.24, 2.45) is 0 Å². The second-order valence-electron chi connectivity index (χ2n) is 3.70. The van der Waals surface area contributed by atoms with Crippen molar-refractivity contribution in [2.75, 3.05) is 5.88 Å². The molecule has 0 aliphatic carbocycles. The molecule has 1 heterocycles. The first kappa shape index (κ1) is 12.9. The van der Waals surface area contributed by atoms with E-state index in [1.54, 1.807) is 6.07 Å². The molecule has 0 bridgehead atoms. The maximum absolute atomic E-state index is 10.7. The quantitative estimate of drug-likeness (QED) is 0.491. The molecule has 2 aromatic rings. The summed E-state index contributed by atoms with van der Waals surface area (Å²) in [6.45, 7) is 1.82. The number of non-ortho nitro benzene ring substituents is 1. The van der Waals surface area contributed by atoms with Crippen LogP contribution in [0.2, 0.25) is 0 Å². The van der Waals surface area contributed by atoms with Crippen molar-refractivity contribution in [3.05, 3.63) is 38.9 Å². The van der Waals surface area contributed by atoms with Crippen molar-refractivity contribution in [1.29, 1.82) is 0 Å². The summed E-state index contributed by atoms with van der Waals surface area (Å²) in [5.41, 5.74) is 1.78. The minimum Gasteiger partial charge on any atom is -0.258 e. The van der Waals surface area contributed by atoms with Crippen LogP contribution >= 0.6 is 22.9 Å². The molecule has 0 aliphatic heterocycles. The van der Waals surface area contributed by atoms with Gasteiger partial charge in [0.05, 0.1) is 4.92 Å². The van der Waals surface area contributed by atoms with Crippen LogP contribution in [0, 0.1) is 17.0 Å². The molecule has 0 fully saturated rings. The fourth-order valence-electron chi connectivity index (χ4n) is 1.55. The van der Waals surface area contributed by atoms with Crippen molar-refractivity contribution < 1.29 is 4.92 Å². The lowest BCUT2D eigenvalue weighted by Gasteiger charge is -2.00. The second-order valence-corrected chi connectivity index (χ2v) is 5.14. The first-order valence-corrected chi connectivity index (χ1v) is 6.60. The van der Waals surface area contributed by atoms with Gasteiger partial charge in [-0.2, -0.15) is 0 Å². The summed E-state index contributed by atoms with van der Waals surface area (Å²) in [6.07, 6.45) is 0.686. The Morgan fingerprint density at radius 2 is 2.22 bits per heavy atom. The van der Waals surface area contributed by atoms with Crippen LogP contribution in [0.1, 0.15) is 10.6 Å². The predicted molar refractivity (Wildman–Crippen MR) is 71.2 cm³/mol. The van der Waals surface area contributed by atoms with Crippen LogP contribution in [0.25, 0.3) is 10.6 Å². The van der Waals surface area contributed by atoms with E-state index in [0.717, 1.165) is 21.1 Å². The van der Waals surface area contributed by atoms with Crippen LogP contribution in [0.3, 0.4) is 0 Å². The standard InChI is InChI=1S/C11H10ClN3O2S/c1-7-6-8(15(16)17)2-3-9(7)11-14-13-10(18-11)4-5-12/h2-3,6H,4-5H2,1H3. The topological polar surface area (TPSA) is 68.9 Å². The SMILES string of the molecule is Cc1cc([N+](=O)[O-])ccc1-c1nnc(CCCl)s1. The highest BCUT2D eigenvalue weighted by molar-refractivity contribution is 7.14. The lowest BCUT2D eigenvalue weighted by molar-refractivity contribution is -0.384. The zero-order valence-electron chi connectivity index (χ0n) is 9.59. The molecule has 0 N–H and O–H groups in total. The minimum absolute atomic E-state index is 0.0850. The molecule has 0 saturated carbocycles. The smallest absolute Gasteiger partial charge is 0.258 e. The number of nitrogens with zero attached hydrogens (tertiary/aromatic N) is 3. The average Bonchev–Trinajstić information content (AvgIpc) is 2.77. The van der Waals surface area contributed by atoms with Gasteiger partial charge in [-0.25, -0.2) is 0 Å². The van der Waals surface area contributed by atoms with E-state index < -0.39 is 4.92 Å². The summed E-state index contributed by atoms with van der Waals surface area (Å²) in [4.78, 5) is 10.2. The molecule has 1 aromatic heterocycles. The molecule has 2 rings (SSSR count). The molecule has 7 heteroatoms. The molecule has 0 aliphatic rings. The highest BCUT2D eigenvalue weighted by Crippen LogP contribution is 2.29. The van der Waals surface area contributed by atoms with E-state index in [2.05, 4.69) is 10.2 Å². The Kier molecular flexibility index (Phi) is 3.88. The molecule has 0 atom stereocenters. The van der Waals surface area contributed by atoms with Crippen molar-refractivity contribution in [3.63, 3.8) is 0 Å². The van der Waals surface area contributed by atoms with Gasteiger partial charge in [-0.05, 0) is 18.6 Å². The van der Waals surface area contributed by atoms with Gasteiger partial charge in [-0.15, -0.1) is 21.8 Å². The van der Waals surface area contributed by atoms with Gasteiger partial charge < -0.3 is 0 Å². The largest absolute Gasteiger partial charge is 0.269 e. The number of hydrogen-bond acceptors (Lipinski definition) is 5. The first-order valence-electron chi connectivity index (χ1n) is 5.25. The van der Waals surface area contributed by atoms with E-state index in [1.165, 1.54) is 23.5 Å². The van der Waals surface area contributed by atoms with Crippen LogP contribution in [-0.4, -0.2) is 21.0 Å². The number of nitro benzene ring substituents is 1. The molecular formula is C11H10ClN3O2S. The zero-order valence-corrected chi connectivity index (χ0v) is 11.2. The number of aromatic nitrogens is 2. The van der Waals surface area contributed by atoms with E-state index in [9.17, 15) is 10.1 Å². The summed E-state index contributed by atoms with van der Waals surface area (Å²) in [6, 6.07) is 4.72. The number of rotatable bonds is 4. The van der Waals surface area contributed by atoms with Crippen LogP contribution in [0.15, 0.2) is 18.2 Å². The Hall–Kier alpha value is -1.53. The van der Waals surface area contributed by atoms with Gasteiger partial charge in [-0.1, -0.05) is 11.3 Å². The summed E-state index contributed by atoms with van der Waals surface area (Å²) in [5, 5.41) is 20.4. The van der Waals surface area contributed by atoms with Crippen molar-refractivity contribution >= 4 is 28.6 Å². The summed E-state index contributed by atoms with van der Waals surface area (Å²) < 4.78 is 0. The molecule has 0 amide bonds. The molecule has 1 aromatic carbocycles.